The standard InChI is InChI=1S/C8H13NO3/c1-6(3-4-10)8(12)5-9-7(2)11/h4,6H,3,5H2,1-2H3,(H,9,11). The molecule has 0 saturated heterocycles. The molecule has 0 aliphatic carbocycles. The number of carbonyl (C=O) groups excluding carboxylic acids is 3. The maximum Gasteiger partial charge on any atom is 0.217 e. The van der Waals surface area contributed by atoms with Gasteiger partial charge in [-0.15, -0.1) is 0 Å². The van der Waals surface area contributed by atoms with Crippen molar-refractivity contribution in [2.75, 3.05) is 6.54 Å². The van der Waals surface area contributed by atoms with Crippen molar-refractivity contribution in [3.05, 3.63) is 0 Å². The maximum atomic E-state index is 11.1. The van der Waals surface area contributed by atoms with Crippen LogP contribution in [0.5, 0.6) is 0 Å². The molecule has 1 N–H and O–H groups in total. The van der Waals surface area contributed by atoms with Crippen LogP contribution in [0.4, 0.5) is 0 Å². The second kappa shape index (κ2) is 5.46. The normalized spacial score (nSPS) is 11.8. The molecule has 0 spiro atoms. The predicted octanol–water partition coefficient (Wildman–Crippen LogP) is -0.0833. The molecule has 0 aliphatic rings. The number of aldehydes is 1. The molecule has 0 bridgehead atoms. The first-order valence-electron chi connectivity index (χ1n) is 3.78. The molecule has 0 aromatic heterocycles. The molecule has 0 radical (unpaired) electrons. The number of amides is 1. The molecule has 1 unspecified atom stereocenters. The Kier molecular flexibility index (Phi) is 4.92. The monoisotopic (exact) mass is 171 g/mol. The Morgan fingerprint density at radius 1 is 1.50 bits per heavy atom. The molecule has 0 heterocycles. The third-order valence-corrected chi connectivity index (χ3v) is 1.51. The van der Waals surface area contributed by atoms with Crippen molar-refractivity contribution in [1.82, 2.24) is 5.32 Å². The minimum atomic E-state index is -0.297. The zero-order valence-corrected chi connectivity index (χ0v) is 7.29. The molecule has 0 rings (SSSR count). The summed E-state index contributed by atoms with van der Waals surface area (Å²) in [6, 6.07) is 0. The van der Waals surface area contributed by atoms with Crippen LogP contribution in [-0.4, -0.2) is 24.5 Å². The summed E-state index contributed by atoms with van der Waals surface area (Å²) in [5, 5.41) is 2.38. The molecule has 68 valence electrons. The van der Waals surface area contributed by atoms with Gasteiger partial charge in [0.1, 0.15) is 6.29 Å². The highest BCUT2D eigenvalue weighted by Crippen LogP contribution is 1.99. The molecule has 0 saturated carbocycles. The van der Waals surface area contributed by atoms with Crippen molar-refractivity contribution in [3.63, 3.8) is 0 Å². The average Bonchev–Trinajstić information content (AvgIpc) is 2.00. The lowest BCUT2D eigenvalue weighted by Gasteiger charge is -2.05. The molecule has 4 heteroatoms. The van der Waals surface area contributed by atoms with Crippen LogP contribution in [-0.2, 0) is 14.4 Å². The lowest BCUT2D eigenvalue weighted by molar-refractivity contribution is -0.126. The van der Waals surface area contributed by atoms with Gasteiger partial charge >= 0.3 is 0 Å². The summed E-state index contributed by atoms with van der Waals surface area (Å²) in [5.74, 6) is -0.645. The molecule has 0 aliphatic heterocycles. The Labute approximate surface area is 71.3 Å². The van der Waals surface area contributed by atoms with Crippen molar-refractivity contribution in [2.24, 2.45) is 5.92 Å². The molecule has 1 amide bonds. The quantitative estimate of drug-likeness (QED) is 0.588. The van der Waals surface area contributed by atoms with Gasteiger partial charge in [0.05, 0.1) is 6.54 Å². The van der Waals surface area contributed by atoms with E-state index in [2.05, 4.69) is 5.32 Å². The predicted molar refractivity (Wildman–Crippen MR) is 43.5 cm³/mol. The van der Waals surface area contributed by atoms with E-state index >= 15 is 0 Å². The van der Waals surface area contributed by atoms with E-state index < -0.39 is 0 Å². The number of carbonyl (C=O) groups is 3. The van der Waals surface area contributed by atoms with Gasteiger partial charge in [-0.25, -0.2) is 0 Å². The zero-order chi connectivity index (χ0) is 9.56. The summed E-state index contributed by atoms with van der Waals surface area (Å²) in [5.41, 5.74) is 0. The number of rotatable bonds is 5. The van der Waals surface area contributed by atoms with E-state index in [0.717, 1.165) is 0 Å². The highest BCUT2D eigenvalue weighted by molar-refractivity contribution is 5.87. The van der Waals surface area contributed by atoms with Crippen LogP contribution in [0.3, 0.4) is 0 Å². The largest absolute Gasteiger partial charge is 0.349 e. The van der Waals surface area contributed by atoms with Crippen molar-refractivity contribution in [1.29, 1.82) is 0 Å². The molecule has 4 nitrogen and oxygen atoms in total. The number of hydrogen-bond donors (Lipinski definition) is 1. The second-order valence-corrected chi connectivity index (χ2v) is 2.68. The summed E-state index contributed by atoms with van der Waals surface area (Å²) in [6.07, 6.45) is 0.925. The van der Waals surface area contributed by atoms with Gasteiger partial charge in [-0.1, -0.05) is 6.92 Å². The van der Waals surface area contributed by atoms with Gasteiger partial charge in [-0.05, 0) is 0 Å². The Morgan fingerprint density at radius 3 is 2.50 bits per heavy atom. The minimum absolute atomic E-state index is 0.0182. The van der Waals surface area contributed by atoms with Crippen molar-refractivity contribution < 1.29 is 14.4 Å². The summed E-state index contributed by atoms with van der Waals surface area (Å²) < 4.78 is 0. The van der Waals surface area contributed by atoms with Crippen molar-refractivity contribution >= 4 is 18.0 Å². The van der Waals surface area contributed by atoms with Gasteiger partial charge < -0.3 is 10.1 Å². The third-order valence-electron chi connectivity index (χ3n) is 1.51. The number of nitrogens with one attached hydrogen (secondary N) is 1. The molecule has 12 heavy (non-hydrogen) atoms. The highest BCUT2D eigenvalue weighted by atomic mass is 16.2. The average molecular weight is 171 g/mol. The summed E-state index contributed by atoms with van der Waals surface area (Å²) in [7, 11) is 0. The van der Waals surface area contributed by atoms with E-state index in [1.54, 1.807) is 6.92 Å². The molecular weight excluding hydrogens is 158 g/mol. The number of hydrogen-bond acceptors (Lipinski definition) is 3. The fourth-order valence-corrected chi connectivity index (χ4v) is 0.662. The van der Waals surface area contributed by atoms with Crippen LogP contribution in [0, 0.1) is 5.92 Å². The number of ketones is 1. The Bertz CT molecular complexity index is 189. The maximum absolute atomic E-state index is 11.1. The fourth-order valence-electron chi connectivity index (χ4n) is 0.662. The van der Waals surface area contributed by atoms with Gasteiger partial charge in [-0.2, -0.15) is 0 Å². The smallest absolute Gasteiger partial charge is 0.217 e. The van der Waals surface area contributed by atoms with E-state index in [9.17, 15) is 14.4 Å². The van der Waals surface area contributed by atoms with E-state index in [0.29, 0.717) is 6.29 Å². The first-order valence-corrected chi connectivity index (χ1v) is 3.78. The van der Waals surface area contributed by atoms with E-state index in [4.69, 9.17) is 0 Å². The summed E-state index contributed by atoms with van der Waals surface area (Å²) in [4.78, 5) is 31.5. The molecule has 1 atom stereocenters. The zero-order valence-electron chi connectivity index (χ0n) is 7.29. The molecule has 0 aromatic carbocycles. The molecule has 0 fully saturated rings. The van der Waals surface area contributed by atoms with E-state index in [-0.39, 0.29) is 30.6 Å². The van der Waals surface area contributed by atoms with Crippen molar-refractivity contribution in [2.45, 2.75) is 20.3 Å². The van der Waals surface area contributed by atoms with E-state index in [1.165, 1.54) is 6.92 Å². The molecule has 0 aromatic rings. The van der Waals surface area contributed by atoms with Crippen LogP contribution in [0.1, 0.15) is 20.3 Å². The first kappa shape index (κ1) is 10.8. The minimum Gasteiger partial charge on any atom is -0.349 e. The van der Waals surface area contributed by atoms with Crippen LogP contribution in [0.15, 0.2) is 0 Å². The van der Waals surface area contributed by atoms with Crippen LogP contribution in [0.2, 0.25) is 0 Å². The highest BCUT2D eigenvalue weighted by Gasteiger charge is 2.11. The van der Waals surface area contributed by atoms with Crippen LogP contribution < -0.4 is 5.32 Å². The Balaban J connectivity index is 3.71. The van der Waals surface area contributed by atoms with Gasteiger partial charge in [-0.3, -0.25) is 9.59 Å². The van der Waals surface area contributed by atoms with Crippen molar-refractivity contribution in [3.8, 4) is 0 Å². The van der Waals surface area contributed by atoms with Gasteiger partial charge in [0.25, 0.3) is 0 Å². The fraction of sp³-hybridized carbons (Fsp3) is 0.625. The lowest BCUT2D eigenvalue weighted by Crippen LogP contribution is -2.30. The summed E-state index contributed by atoms with van der Waals surface area (Å²) in [6.45, 7) is 3.03. The topological polar surface area (TPSA) is 63.2 Å². The number of Topliss-reactive ketones (excluding diaryl/α,β-unsaturated/α-hetero) is 1. The van der Waals surface area contributed by atoms with Crippen LogP contribution in [0.25, 0.3) is 0 Å². The SMILES string of the molecule is CC(=O)NCC(=O)C(C)CC=O. The van der Waals surface area contributed by atoms with Gasteiger partial charge in [0, 0.05) is 19.3 Å². The second-order valence-electron chi connectivity index (χ2n) is 2.68. The molecular formula is C8H13NO3. The van der Waals surface area contributed by atoms with Gasteiger partial charge in [0.2, 0.25) is 5.91 Å². The summed E-state index contributed by atoms with van der Waals surface area (Å²) >= 11 is 0. The van der Waals surface area contributed by atoms with Crippen LogP contribution >= 0.6 is 0 Å². The Hall–Kier alpha value is -1.19. The Morgan fingerprint density at radius 2 is 2.08 bits per heavy atom. The van der Waals surface area contributed by atoms with E-state index in [1.807, 2.05) is 0 Å². The lowest BCUT2D eigenvalue weighted by atomic mass is 10.0. The van der Waals surface area contributed by atoms with Gasteiger partial charge in [0.15, 0.2) is 5.78 Å². The first-order chi connectivity index (χ1) is 5.57. The third kappa shape index (κ3) is 4.60.